The third kappa shape index (κ3) is 12.7. The van der Waals surface area contributed by atoms with E-state index in [2.05, 4.69) is 107 Å². The average Bonchev–Trinajstić information content (AvgIpc) is 3.12. The number of carbonyl (C=O) groups is 2. The summed E-state index contributed by atoms with van der Waals surface area (Å²) in [6, 6.07) is 42.0. The Kier molecular flexibility index (Phi) is 15.9. The monoisotopic (exact) mass is 648 g/mol. The summed E-state index contributed by atoms with van der Waals surface area (Å²) in [7, 11) is 0. The van der Waals surface area contributed by atoms with Crippen molar-refractivity contribution in [1.29, 1.82) is 0 Å². The van der Waals surface area contributed by atoms with Crippen LogP contribution < -0.4 is 0 Å². The molecule has 0 unspecified atom stereocenters. The predicted octanol–water partition coefficient (Wildman–Crippen LogP) is 7.62. The van der Waals surface area contributed by atoms with Crippen molar-refractivity contribution >= 4 is 11.9 Å². The normalized spacial score (nSPS) is 11.4. The molecular weight excluding hydrogens is 596 g/mol. The Balaban J connectivity index is 1.55. The maximum absolute atomic E-state index is 13.4. The van der Waals surface area contributed by atoms with Crippen molar-refractivity contribution in [3.63, 3.8) is 0 Å². The fourth-order valence-corrected chi connectivity index (χ4v) is 6.21. The molecule has 0 fully saturated rings. The lowest BCUT2D eigenvalue weighted by Crippen LogP contribution is -2.39. The molecule has 0 bridgehead atoms. The molecule has 6 nitrogen and oxygen atoms in total. The third-order valence-corrected chi connectivity index (χ3v) is 8.80. The Labute approximate surface area is 287 Å². The van der Waals surface area contributed by atoms with Gasteiger partial charge in [0.2, 0.25) is 0 Å². The van der Waals surface area contributed by atoms with E-state index in [0.29, 0.717) is 12.8 Å². The van der Waals surface area contributed by atoms with Crippen LogP contribution in [0.1, 0.15) is 48.9 Å². The van der Waals surface area contributed by atoms with E-state index < -0.39 is 17.9 Å². The van der Waals surface area contributed by atoms with Gasteiger partial charge in [-0.3, -0.25) is 19.4 Å². The van der Waals surface area contributed by atoms with Crippen LogP contribution in [-0.2, 0) is 45.0 Å². The lowest BCUT2D eigenvalue weighted by molar-refractivity contribution is -0.165. The Hall–Kier alpha value is -4.26. The molecule has 0 N–H and O–H groups in total. The zero-order chi connectivity index (χ0) is 33.8. The summed E-state index contributed by atoms with van der Waals surface area (Å²) in [6.45, 7) is 8.80. The second-order valence-electron chi connectivity index (χ2n) is 12.3. The molecule has 254 valence electrons. The first kappa shape index (κ1) is 36.6. The summed E-state index contributed by atoms with van der Waals surface area (Å²) in [5, 5.41) is 0. The minimum absolute atomic E-state index is 0.218. The number of hydrogen-bond acceptors (Lipinski definition) is 6. The highest BCUT2D eigenvalue weighted by Crippen LogP contribution is 2.26. The highest BCUT2D eigenvalue weighted by Gasteiger charge is 2.37. The van der Waals surface area contributed by atoms with E-state index in [9.17, 15) is 9.59 Å². The van der Waals surface area contributed by atoms with Gasteiger partial charge in [0, 0.05) is 26.2 Å². The minimum Gasteiger partial charge on any atom is -0.465 e. The Morgan fingerprint density at radius 1 is 0.500 bits per heavy atom. The highest BCUT2D eigenvalue weighted by atomic mass is 16.6. The molecule has 0 amide bonds. The molecule has 0 aromatic heterocycles. The van der Waals surface area contributed by atoms with Crippen LogP contribution in [0.4, 0.5) is 0 Å². The van der Waals surface area contributed by atoms with Crippen LogP contribution in [0, 0.1) is 11.8 Å². The summed E-state index contributed by atoms with van der Waals surface area (Å²) in [5.41, 5.74) is 5.06. The van der Waals surface area contributed by atoms with E-state index in [0.717, 1.165) is 52.1 Å². The Morgan fingerprint density at radius 3 is 1.17 bits per heavy atom. The van der Waals surface area contributed by atoms with Crippen LogP contribution in [0.15, 0.2) is 121 Å². The Bertz CT molecular complexity index is 1340. The number of nitrogens with zero attached hydrogens (tertiary/aromatic N) is 2. The number of rotatable bonds is 21. The van der Waals surface area contributed by atoms with Gasteiger partial charge in [0.25, 0.3) is 0 Å². The van der Waals surface area contributed by atoms with Crippen LogP contribution in [0.25, 0.3) is 0 Å². The van der Waals surface area contributed by atoms with Gasteiger partial charge in [0.05, 0.1) is 13.2 Å². The summed E-state index contributed by atoms with van der Waals surface area (Å²) in [6.07, 6.45) is 3.17. The van der Waals surface area contributed by atoms with Crippen molar-refractivity contribution in [3.05, 3.63) is 144 Å². The van der Waals surface area contributed by atoms with E-state index in [4.69, 9.17) is 9.47 Å². The van der Waals surface area contributed by atoms with Crippen molar-refractivity contribution in [3.8, 4) is 0 Å². The molecular formula is C42H52N2O4. The van der Waals surface area contributed by atoms with Gasteiger partial charge < -0.3 is 9.47 Å². The smallest absolute Gasteiger partial charge is 0.320 e. The second kappa shape index (κ2) is 20.9. The van der Waals surface area contributed by atoms with Crippen molar-refractivity contribution in [2.75, 3.05) is 39.4 Å². The van der Waals surface area contributed by atoms with Crippen molar-refractivity contribution in [1.82, 2.24) is 9.80 Å². The number of benzene rings is 4. The average molecular weight is 649 g/mol. The molecule has 0 saturated carbocycles. The van der Waals surface area contributed by atoms with Crippen molar-refractivity contribution in [2.45, 2.75) is 52.6 Å². The second-order valence-corrected chi connectivity index (χ2v) is 12.3. The lowest BCUT2D eigenvalue weighted by atomic mass is 9.86. The minimum atomic E-state index is -0.967. The van der Waals surface area contributed by atoms with Crippen LogP contribution >= 0.6 is 0 Å². The zero-order valence-corrected chi connectivity index (χ0v) is 28.7. The van der Waals surface area contributed by atoms with Gasteiger partial charge in [-0.1, -0.05) is 121 Å². The molecule has 0 aliphatic carbocycles. The Morgan fingerprint density at radius 2 is 0.833 bits per heavy atom. The molecule has 0 aliphatic rings. The molecule has 6 heteroatoms. The predicted molar refractivity (Wildman–Crippen MR) is 193 cm³/mol. The summed E-state index contributed by atoms with van der Waals surface area (Å²) < 4.78 is 11.0. The van der Waals surface area contributed by atoms with Gasteiger partial charge in [0.15, 0.2) is 5.92 Å². The molecule has 0 saturated heterocycles. The highest BCUT2D eigenvalue weighted by molar-refractivity contribution is 5.95. The summed E-state index contributed by atoms with van der Waals surface area (Å²) in [4.78, 5) is 31.8. The molecule has 4 aromatic carbocycles. The number of hydrogen-bond donors (Lipinski definition) is 0. The van der Waals surface area contributed by atoms with Gasteiger partial charge in [-0.05, 0) is 80.8 Å². The van der Waals surface area contributed by atoms with Crippen LogP contribution in [0.5, 0.6) is 0 Å². The number of ether oxygens (including phenoxy) is 2. The van der Waals surface area contributed by atoms with Crippen molar-refractivity contribution in [2.24, 2.45) is 11.8 Å². The summed E-state index contributed by atoms with van der Waals surface area (Å²) in [5.74, 6) is -2.18. The first-order valence-electron chi connectivity index (χ1n) is 17.5. The van der Waals surface area contributed by atoms with Gasteiger partial charge in [0.1, 0.15) is 0 Å². The molecule has 48 heavy (non-hydrogen) atoms. The van der Waals surface area contributed by atoms with Crippen molar-refractivity contribution < 1.29 is 19.1 Å². The zero-order valence-electron chi connectivity index (χ0n) is 28.7. The fourth-order valence-electron chi connectivity index (χ4n) is 6.21. The number of esters is 2. The van der Waals surface area contributed by atoms with E-state index in [1.165, 1.54) is 22.3 Å². The summed E-state index contributed by atoms with van der Waals surface area (Å²) >= 11 is 0. The largest absolute Gasteiger partial charge is 0.465 e. The first-order valence-corrected chi connectivity index (χ1v) is 17.5. The topological polar surface area (TPSA) is 59.1 Å². The third-order valence-electron chi connectivity index (χ3n) is 8.80. The van der Waals surface area contributed by atoms with Crippen LogP contribution in [0.3, 0.4) is 0 Å². The lowest BCUT2D eigenvalue weighted by Gasteiger charge is -2.30. The molecule has 0 radical (unpaired) electrons. The molecule has 4 aromatic rings. The van der Waals surface area contributed by atoms with E-state index in [1.54, 1.807) is 13.8 Å². The number of carbonyl (C=O) groups excluding carboxylic acids is 2. The van der Waals surface area contributed by atoms with E-state index in [-0.39, 0.29) is 19.1 Å². The first-order chi connectivity index (χ1) is 23.6. The van der Waals surface area contributed by atoms with E-state index in [1.807, 2.05) is 24.3 Å². The van der Waals surface area contributed by atoms with Gasteiger partial charge >= 0.3 is 11.9 Å². The molecule has 0 heterocycles. The molecule has 4 rings (SSSR count). The maximum Gasteiger partial charge on any atom is 0.320 e. The standard InChI is InChI=1S/C42H52N2O4/c1-3-47-41(45)40(42(46)48-4-2)39(27-31-43(33-37-21-13-7-14-22-37)29-25-35-17-9-5-10-18-35)28-32-44(34-38-23-15-8-16-24-38)30-26-36-19-11-6-12-20-36/h5-24,39-40H,3-4,25-34H2,1-2H3. The maximum atomic E-state index is 13.4. The molecule has 0 aliphatic heterocycles. The molecule has 0 atom stereocenters. The SMILES string of the molecule is CCOC(=O)C(C(=O)OCC)C(CCN(CCc1ccccc1)Cc1ccccc1)CCN(CCc1ccccc1)Cc1ccccc1. The van der Waals surface area contributed by atoms with Gasteiger partial charge in [-0.25, -0.2) is 0 Å². The fraction of sp³-hybridized carbons (Fsp3) is 0.381. The van der Waals surface area contributed by atoms with Crippen LogP contribution in [0.2, 0.25) is 0 Å². The van der Waals surface area contributed by atoms with Gasteiger partial charge in [-0.2, -0.15) is 0 Å². The molecule has 0 spiro atoms. The van der Waals surface area contributed by atoms with Gasteiger partial charge in [-0.15, -0.1) is 0 Å². The quantitative estimate of drug-likeness (QED) is 0.0685. The van der Waals surface area contributed by atoms with Crippen LogP contribution in [-0.4, -0.2) is 61.1 Å². The van der Waals surface area contributed by atoms with E-state index >= 15 is 0 Å².